The molecule has 38 heavy (non-hydrogen) atoms. The van der Waals surface area contributed by atoms with Crippen molar-refractivity contribution >= 4 is 21.3 Å². The number of aryl methyl sites for hydroxylation is 1. The molecule has 0 bridgehead atoms. The Hall–Kier alpha value is -2.53. The Morgan fingerprint density at radius 2 is 1.84 bits per heavy atom. The first kappa shape index (κ1) is 27.1. The molecule has 5 rings (SSSR count). The second-order valence-corrected chi connectivity index (χ2v) is 13.5. The Morgan fingerprint density at radius 1 is 1.18 bits per heavy atom. The topological polar surface area (TPSA) is 125 Å². The molecule has 2 aliphatic carbocycles. The molecule has 3 aliphatic rings. The van der Waals surface area contributed by atoms with E-state index >= 15 is 0 Å². The smallest absolute Gasteiger partial charge is 0.250 e. The van der Waals surface area contributed by atoms with Gasteiger partial charge in [-0.3, -0.25) is 9.48 Å². The molecule has 1 unspecified atom stereocenters. The highest BCUT2D eigenvalue weighted by atomic mass is 32.2. The molecule has 4 N–H and O–H groups in total. The third kappa shape index (κ3) is 5.19. The Kier molecular flexibility index (Phi) is 7.04. The maximum absolute atomic E-state index is 13.8. The zero-order valence-corrected chi connectivity index (χ0v) is 22.7. The largest absolute Gasteiger partial charge is 0.396 e. The lowest BCUT2D eigenvalue weighted by Gasteiger charge is -2.36. The average Bonchev–Trinajstić information content (AvgIpc) is 3.52. The Bertz CT molecular complexity index is 1320. The number of anilines is 1. The number of hydrogen-bond donors (Lipinski definition) is 3. The van der Waals surface area contributed by atoms with Crippen LogP contribution in [-0.2, 0) is 9.73 Å². The number of halogens is 2. The van der Waals surface area contributed by atoms with Gasteiger partial charge in [-0.25, -0.2) is 17.8 Å². The van der Waals surface area contributed by atoms with Crippen molar-refractivity contribution in [2.24, 2.45) is 11.1 Å². The van der Waals surface area contributed by atoms with Gasteiger partial charge in [0.05, 0.1) is 37.6 Å². The van der Waals surface area contributed by atoms with E-state index in [4.69, 9.17) is 15.6 Å². The summed E-state index contributed by atoms with van der Waals surface area (Å²) in [5.41, 5.74) is 8.75. The summed E-state index contributed by atoms with van der Waals surface area (Å²) in [5, 5.41) is 14.2. The predicted octanol–water partition coefficient (Wildman–Crippen LogP) is 4.88. The first-order valence-electron chi connectivity index (χ1n) is 13.5. The lowest BCUT2D eigenvalue weighted by molar-refractivity contribution is -0.0451. The van der Waals surface area contributed by atoms with Crippen molar-refractivity contribution < 1.29 is 22.9 Å². The number of primary amides is 1. The number of carbonyl (C=O) groups is 1. The molecule has 1 aromatic carbocycles. The number of rotatable bonds is 8. The minimum atomic E-state index is -3.35. The van der Waals surface area contributed by atoms with Crippen LogP contribution in [0.15, 0.2) is 23.1 Å². The van der Waals surface area contributed by atoms with Crippen LogP contribution in [0, 0.1) is 17.1 Å². The van der Waals surface area contributed by atoms with Gasteiger partial charge in [-0.05, 0) is 75.5 Å². The predicted molar refractivity (Wildman–Crippen MR) is 142 cm³/mol. The fourth-order valence-electron chi connectivity index (χ4n) is 6.13. The molecule has 2 saturated carbocycles. The molecular formula is C27H37F2N5O3S. The van der Waals surface area contributed by atoms with Gasteiger partial charge >= 0.3 is 0 Å². The number of nitrogens with two attached hydrogens (primary N) is 1. The second kappa shape index (κ2) is 9.89. The van der Waals surface area contributed by atoms with Gasteiger partial charge in [-0.15, -0.1) is 0 Å². The van der Waals surface area contributed by atoms with Crippen LogP contribution >= 0.6 is 0 Å². The van der Waals surface area contributed by atoms with E-state index in [-0.39, 0.29) is 48.1 Å². The summed E-state index contributed by atoms with van der Waals surface area (Å²) in [7, 11) is -3.35. The summed E-state index contributed by atoms with van der Waals surface area (Å²) in [6.07, 6.45) is 4.80. The first-order valence-corrected chi connectivity index (χ1v) is 15.2. The fourth-order valence-corrected chi connectivity index (χ4v) is 7.70. The van der Waals surface area contributed by atoms with Gasteiger partial charge < -0.3 is 15.7 Å². The van der Waals surface area contributed by atoms with Crippen LogP contribution in [0.4, 0.5) is 14.5 Å². The highest BCUT2D eigenvalue weighted by Crippen LogP contribution is 2.55. The molecule has 8 nitrogen and oxygen atoms in total. The maximum atomic E-state index is 13.8. The quantitative estimate of drug-likeness (QED) is 0.433. The van der Waals surface area contributed by atoms with Crippen molar-refractivity contribution in [2.45, 2.75) is 81.6 Å². The Labute approximate surface area is 222 Å². The molecule has 2 aromatic rings. The summed E-state index contributed by atoms with van der Waals surface area (Å²) in [6, 6.07) is 4.73. The van der Waals surface area contributed by atoms with Gasteiger partial charge in [0.25, 0.3) is 5.91 Å². The Balaban J connectivity index is 1.65. The van der Waals surface area contributed by atoms with Crippen LogP contribution < -0.4 is 10.6 Å². The molecule has 1 atom stereocenters. The molecule has 11 heteroatoms. The number of aliphatic hydroxyl groups is 1. The van der Waals surface area contributed by atoms with E-state index < -0.39 is 21.6 Å². The lowest BCUT2D eigenvalue weighted by atomic mass is 9.92. The van der Waals surface area contributed by atoms with Crippen molar-refractivity contribution in [1.82, 2.24) is 9.78 Å². The number of alkyl halides is 2. The van der Waals surface area contributed by atoms with E-state index in [9.17, 15) is 22.9 Å². The van der Waals surface area contributed by atoms with E-state index in [1.165, 1.54) is 18.9 Å². The van der Waals surface area contributed by atoms with Crippen molar-refractivity contribution in [1.29, 1.82) is 4.78 Å². The number of hydrogen-bond acceptors (Lipinski definition) is 6. The molecule has 1 aromatic heterocycles. The maximum Gasteiger partial charge on any atom is 0.250 e. The summed E-state index contributed by atoms with van der Waals surface area (Å²) in [4.78, 5) is 15.0. The number of amides is 1. The number of nitrogens with zero attached hydrogens (tertiary/aromatic N) is 3. The third-order valence-corrected chi connectivity index (χ3v) is 10.6. The van der Waals surface area contributed by atoms with Crippen molar-refractivity contribution in [3.8, 4) is 11.3 Å². The molecule has 2 heterocycles. The van der Waals surface area contributed by atoms with E-state index in [0.29, 0.717) is 48.3 Å². The van der Waals surface area contributed by atoms with Crippen LogP contribution in [0.5, 0.6) is 0 Å². The third-order valence-electron chi connectivity index (χ3n) is 8.66. The minimum absolute atomic E-state index is 0.0353. The van der Waals surface area contributed by atoms with Gasteiger partial charge in [0.15, 0.2) is 0 Å². The van der Waals surface area contributed by atoms with E-state index in [1.807, 2.05) is 13.0 Å². The molecule has 1 amide bonds. The van der Waals surface area contributed by atoms with E-state index in [0.717, 1.165) is 18.5 Å². The number of nitrogens with one attached hydrogen (secondary N) is 1. The van der Waals surface area contributed by atoms with Crippen LogP contribution in [0.25, 0.3) is 11.3 Å². The van der Waals surface area contributed by atoms with E-state index in [1.54, 1.807) is 10.7 Å². The second-order valence-electron chi connectivity index (χ2n) is 11.3. The zero-order chi connectivity index (χ0) is 27.3. The van der Waals surface area contributed by atoms with Crippen molar-refractivity contribution in [3.63, 3.8) is 0 Å². The summed E-state index contributed by atoms with van der Waals surface area (Å²) >= 11 is 0. The summed E-state index contributed by atoms with van der Waals surface area (Å²) < 4.78 is 52.0. The monoisotopic (exact) mass is 549 g/mol. The number of aromatic nitrogens is 2. The molecule has 1 saturated heterocycles. The first-order chi connectivity index (χ1) is 18.0. The van der Waals surface area contributed by atoms with E-state index in [2.05, 4.69) is 4.90 Å². The van der Waals surface area contributed by atoms with Crippen molar-refractivity contribution in [3.05, 3.63) is 29.5 Å². The highest BCUT2D eigenvalue weighted by molar-refractivity contribution is 7.92. The minimum Gasteiger partial charge on any atom is -0.396 e. The SMILES string of the molecule is Cc1cc(-c2c(S(=N)(=O)CCCO)ccc(C(N)=O)c2N2CCC3(CC2)CC3)nn1C1CCC(F)(F)CC1. The number of carbonyl (C=O) groups excluding carboxylic acids is 1. The van der Waals surface area contributed by atoms with Crippen LogP contribution in [0.3, 0.4) is 0 Å². The fraction of sp³-hybridized carbons (Fsp3) is 0.630. The standard InChI is InChI=1S/C27H37F2N5O3S/c1-18-17-21(32-34(18)19-5-7-27(28,29)8-6-19)23-22(38(31,37)16-2-15-35)4-3-20(25(30)36)24(23)33-13-11-26(9-10-26)12-14-33/h3-4,17,19,31,35H,2,5-16H2,1H3,(H2,30,36). The van der Waals surface area contributed by atoms with Gasteiger partial charge in [0.1, 0.15) is 0 Å². The van der Waals surface area contributed by atoms with Crippen LogP contribution in [0.1, 0.15) is 79.9 Å². The van der Waals surface area contributed by atoms with Gasteiger partial charge in [-0.2, -0.15) is 5.10 Å². The van der Waals surface area contributed by atoms with Crippen LogP contribution in [-0.4, -0.2) is 56.4 Å². The van der Waals surface area contributed by atoms with Crippen molar-refractivity contribution in [2.75, 3.05) is 30.3 Å². The lowest BCUT2D eigenvalue weighted by Crippen LogP contribution is -2.36. The van der Waals surface area contributed by atoms with Gasteiger partial charge in [0, 0.05) is 49.5 Å². The summed E-state index contributed by atoms with van der Waals surface area (Å²) in [5.74, 6) is -3.31. The molecule has 3 fully saturated rings. The summed E-state index contributed by atoms with van der Waals surface area (Å²) in [6.45, 7) is 3.10. The highest BCUT2D eigenvalue weighted by Gasteiger charge is 2.45. The van der Waals surface area contributed by atoms with Gasteiger partial charge in [0.2, 0.25) is 5.92 Å². The number of benzene rings is 1. The average molecular weight is 550 g/mol. The number of piperidine rings is 1. The normalized spacial score (nSPS) is 22.4. The van der Waals surface area contributed by atoms with Gasteiger partial charge in [-0.1, -0.05) is 0 Å². The molecule has 1 aliphatic heterocycles. The molecule has 1 spiro atoms. The molecular weight excluding hydrogens is 512 g/mol. The number of aliphatic hydroxyl groups excluding tert-OH is 1. The van der Waals surface area contributed by atoms with Crippen LogP contribution in [0.2, 0.25) is 0 Å². The Morgan fingerprint density at radius 3 is 2.42 bits per heavy atom. The molecule has 208 valence electrons. The molecule has 0 radical (unpaired) electrons. The zero-order valence-electron chi connectivity index (χ0n) is 21.8.